The summed E-state index contributed by atoms with van der Waals surface area (Å²) in [6.45, 7) is 3.18. The molecule has 0 spiro atoms. The molecule has 0 radical (unpaired) electrons. The summed E-state index contributed by atoms with van der Waals surface area (Å²) < 4.78 is 5.28. The van der Waals surface area contributed by atoms with Gasteiger partial charge < -0.3 is 14.8 Å². The van der Waals surface area contributed by atoms with Gasteiger partial charge in [-0.1, -0.05) is 0 Å². The second-order valence-electron chi connectivity index (χ2n) is 4.01. The maximum absolute atomic E-state index is 10.7. The quantitative estimate of drug-likeness (QED) is 0.781. The molecule has 2 rings (SSSR count). The molecule has 5 heteroatoms. The Hall–Kier alpha value is -1.33. The molecule has 1 aliphatic rings. The lowest BCUT2D eigenvalue weighted by molar-refractivity contribution is -0.138. The SMILES string of the molecule is O=C(O)CC1CNCCN1Cc1ccco1. The smallest absolute Gasteiger partial charge is 0.304 e. The average molecular weight is 224 g/mol. The van der Waals surface area contributed by atoms with Crippen molar-refractivity contribution in [1.29, 1.82) is 0 Å². The van der Waals surface area contributed by atoms with E-state index in [2.05, 4.69) is 10.2 Å². The van der Waals surface area contributed by atoms with Crippen molar-refractivity contribution in [3.8, 4) is 0 Å². The fourth-order valence-corrected chi connectivity index (χ4v) is 2.02. The van der Waals surface area contributed by atoms with Crippen LogP contribution in [0.4, 0.5) is 0 Å². The molecular formula is C11H16N2O3. The standard InChI is InChI=1S/C11H16N2O3/c14-11(15)6-9-7-12-3-4-13(9)8-10-2-1-5-16-10/h1-2,5,9,12H,3-4,6-8H2,(H,14,15). The molecule has 1 atom stereocenters. The van der Waals surface area contributed by atoms with Crippen LogP contribution in [-0.4, -0.2) is 41.7 Å². The summed E-state index contributed by atoms with van der Waals surface area (Å²) >= 11 is 0. The number of carboxylic acid groups (broad SMARTS) is 1. The Kier molecular flexibility index (Phi) is 3.58. The van der Waals surface area contributed by atoms with E-state index in [-0.39, 0.29) is 12.5 Å². The largest absolute Gasteiger partial charge is 0.481 e. The monoisotopic (exact) mass is 224 g/mol. The van der Waals surface area contributed by atoms with Crippen LogP contribution >= 0.6 is 0 Å². The van der Waals surface area contributed by atoms with Crippen LogP contribution < -0.4 is 5.32 Å². The zero-order chi connectivity index (χ0) is 11.4. The van der Waals surface area contributed by atoms with Gasteiger partial charge in [0.1, 0.15) is 5.76 Å². The summed E-state index contributed by atoms with van der Waals surface area (Å²) in [4.78, 5) is 12.9. The summed E-state index contributed by atoms with van der Waals surface area (Å²) in [5, 5.41) is 12.0. The van der Waals surface area contributed by atoms with Gasteiger partial charge in [-0.3, -0.25) is 9.69 Å². The summed E-state index contributed by atoms with van der Waals surface area (Å²) in [5.74, 6) is 0.135. The van der Waals surface area contributed by atoms with Gasteiger partial charge in [-0.2, -0.15) is 0 Å². The van der Waals surface area contributed by atoms with Crippen molar-refractivity contribution >= 4 is 5.97 Å². The van der Waals surface area contributed by atoms with E-state index in [9.17, 15) is 4.79 Å². The number of hydrogen-bond donors (Lipinski definition) is 2. The van der Waals surface area contributed by atoms with Gasteiger partial charge in [-0.05, 0) is 12.1 Å². The van der Waals surface area contributed by atoms with Crippen LogP contribution in [-0.2, 0) is 11.3 Å². The first-order valence-corrected chi connectivity index (χ1v) is 5.44. The van der Waals surface area contributed by atoms with E-state index in [1.165, 1.54) is 0 Å². The van der Waals surface area contributed by atoms with E-state index < -0.39 is 5.97 Å². The Balaban J connectivity index is 1.96. The van der Waals surface area contributed by atoms with Crippen molar-refractivity contribution in [3.63, 3.8) is 0 Å². The molecule has 1 aromatic rings. The molecule has 2 heterocycles. The highest BCUT2D eigenvalue weighted by Crippen LogP contribution is 2.13. The number of nitrogens with zero attached hydrogens (tertiary/aromatic N) is 1. The molecule has 1 aliphatic heterocycles. The first-order valence-electron chi connectivity index (χ1n) is 5.44. The van der Waals surface area contributed by atoms with Crippen LogP contribution in [0.5, 0.6) is 0 Å². The number of aliphatic carboxylic acids is 1. The van der Waals surface area contributed by atoms with Gasteiger partial charge in [0.05, 0.1) is 19.2 Å². The number of carbonyl (C=O) groups is 1. The second-order valence-corrected chi connectivity index (χ2v) is 4.01. The Labute approximate surface area is 94.0 Å². The van der Waals surface area contributed by atoms with Crippen LogP contribution in [0.15, 0.2) is 22.8 Å². The Bertz CT molecular complexity index is 337. The maximum Gasteiger partial charge on any atom is 0.304 e. The molecule has 1 fully saturated rings. The van der Waals surface area contributed by atoms with Crippen LogP contribution in [0.2, 0.25) is 0 Å². The molecule has 0 saturated carbocycles. The molecule has 0 aliphatic carbocycles. The highest BCUT2D eigenvalue weighted by Gasteiger charge is 2.24. The van der Waals surface area contributed by atoms with E-state index in [1.807, 2.05) is 12.1 Å². The van der Waals surface area contributed by atoms with Crippen molar-refractivity contribution in [3.05, 3.63) is 24.2 Å². The molecule has 1 aromatic heterocycles. The van der Waals surface area contributed by atoms with Crippen LogP contribution in [0, 0.1) is 0 Å². The molecular weight excluding hydrogens is 208 g/mol. The average Bonchev–Trinajstić information content (AvgIpc) is 2.73. The van der Waals surface area contributed by atoms with Gasteiger partial charge in [0.15, 0.2) is 0 Å². The normalized spacial score (nSPS) is 22.1. The summed E-state index contributed by atoms with van der Waals surface area (Å²) in [6.07, 6.45) is 1.82. The number of carboxylic acids is 1. The van der Waals surface area contributed by atoms with Crippen molar-refractivity contribution in [1.82, 2.24) is 10.2 Å². The number of piperazine rings is 1. The van der Waals surface area contributed by atoms with Gasteiger partial charge in [-0.15, -0.1) is 0 Å². The van der Waals surface area contributed by atoms with Crippen molar-refractivity contribution in [2.45, 2.75) is 19.0 Å². The van der Waals surface area contributed by atoms with Gasteiger partial charge in [0.25, 0.3) is 0 Å². The molecule has 2 N–H and O–H groups in total. The minimum absolute atomic E-state index is 0.0522. The van der Waals surface area contributed by atoms with E-state index in [1.54, 1.807) is 6.26 Å². The van der Waals surface area contributed by atoms with Gasteiger partial charge in [-0.25, -0.2) is 0 Å². The molecule has 88 valence electrons. The lowest BCUT2D eigenvalue weighted by Gasteiger charge is -2.34. The van der Waals surface area contributed by atoms with Crippen molar-refractivity contribution in [2.24, 2.45) is 0 Å². The third-order valence-electron chi connectivity index (χ3n) is 2.82. The lowest BCUT2D eigenvalue weighted by Crippen LogP contribution is -2.51. The molecule has 5 nitrogen and oxygen atoms in total. The maximum atomic E-state index is 10.7. The Morgan fingerprint density at radius 1 is 1.69 bits per heavy atom. The molecule has 16 heavy (non-hydrogen) atoms. The minimum Gasteiger partial charge on any atom is -0.481 e. The number of nitrogens with one attached hydrogen (secondary N) is 1. The summed E-state index contributed by atoms with van der Waals surface area (Å²) in [5.41, 5.74) is 0. The van der Waals surface area contributed by atoms with Gasteiger partial charge >= 0.3 is 5.97 Å². The predicted octanol–water partition coefficient (Wildman–Crippen LogP) is 0.528. The molecule has 0 amide bonds. The van der Waals surface area contributed by atoms with E-state index in [0.29, 0.717) is 6.54 Å². The highest BCUT2D eigenvalue weighted by molar-refractivity contribution is 5.67. The molecule has 1 saturated heterocycles. The van der Waals surface area contributed by atoms with Gasteiger partial charge in [0.2, 0.25) is 0 Å². The zero-order valence-corrected chi connectivity index (χ0v) is 9.06. The molecule has 0 aromatic carbocycles. The van der Waals surface area contributed by atoms with Crippen LogP contribution in [0.25, 0.3) is 0 Å². The lowest BCUT2D eigenvalue weighted by atomic mass is 10.1. The Morgan fingerprint density at radius 3 is 3.25 bits per heavy atom. The van der Waals surface area contributed by atoms with Crippen LogP contribution in [0.3, 0.4) is 0 Å². The third-order valence-corrected chi connectivity index (χ3v) is 2.82. The molecule has 1 unspecified atom stereocenters. The summed E-state index contributed by atoms with van der Waals surface area (Å²) in [7, 11) is 0. The zero-order valence-electron chi connectivity index (χ0n) is 9.06. The van der Waals surface area contributed by atoms with Gasteiger partial charge in [0, 0.05) is 25.7 Å². The van der Waals surface area contributed by atoms with Crippen molar-refractivity contribution in [2.75, 3.05) is 19.6 Å². The van der Waals surface area contributed by atoms with E-state index in [4.69, 9.17) is 9.52 Å². The topological polar surface area (TPSA) is 65.7 Å². The van der Waals surface area contributed by atoms with Crippen LogP contribution in [0.1, 0.15) is 12.2 Å². The molecule has 0 bridgehead atoms. The van der Waals surface area contributed by atoms with E-state index >= 15 is 0 Å². The first-order chi connectivity index (χ1) is 7.75. The first kappa shape index (κ1) is 11.2. The summed E-state index contributed by atoms with van der Waals surface area (Å²) in [6, 6.07) is 3.82. The number of rotatable bonds is 4. The third kappa shape index (κ3) is 2.84. The fraction of sp³-hybridized carbons (Fsp3) is 0.545. The second kappa shape index (κ2) is 5.14. The predicted molar refractivity (Wildman–Crippen MR) is 58.0 cm³/mol. The fourth-order valence-electron chi connectivity index (χ4n) is 2.02. The number of hydrogen-bond acceptors (Lipinski definition) is 4. The highest BCUT2D eigenvalue weighted by atomic mass is 16.4. The number of furan rings is 1. The van der Waals surface area contributed by atoms with E-state index in [0.717, 1.165) is 25.4 Å². The van der Waals surface area contributed by atoms with Crippen molar-refractivity contribution < 1.29 is 14.3 Å². The minimum atomic E-state index is -0.752. The Morgan fingerprint density at radius 2 is 2.56 bits per heavy atom.